The zero-order chi connectivity index (χ0) is 19.7. The number of rotatable bonds is 3. The number of benzene rings is 2. The SMILES string of the molecule is Nc1c(-c2cccc(F)c2)nsc1C(=O)N1CCN(c2cccc(Cl)c2)CC1. The molecule has 2 N–H and O–H groups in total. The lowest BCUT2D eigenvalue weighted by Crippen LogP contribution is -2.48. The highest BCUT2D eigenvalue weighted by Gasteiger charge is 2.27. The Morgan fingerprint density at radius 3 is 2.57 bits per heavy atom. The van der Waals surface area contributed by atoms with Crippen LogP contribution in [0.1, 0.15) is 9.67 Å². The zero-order valence-corrected chi connectivity index (χ0v) is 16.5. The molecule has 5 nitrogen and oxygen atoms in total. The van der Waals surface area contributed by atoms with Crippen molar-refractivity contribution in [3.63, 3.8) is 0 Å². The molecule has 0 radical (unpaired) electrons. The second kappa shape index (κ2) is 7.77. The van der Waals surface area contributed by atoms with Gasteiger partial charge in [0.15, 0.2) is 0 Å². The zero-order valence-electron chi connectivity index (χ0n) is 14.9. The number of hydrogen-bond acceptors (Lipinski definition) is 5. The Hall–Kier alpha value is -2.64. The maximum absolute atomic E-state index is 13.5. The summed E-state index contributed by atoms with van der Waals surface area (Å²) in [4.78, 5) is 17.3. The highest BCUT2D eigenvalue weighted by atomic mass is 35.5. The summed E-state index contributed by atoms with van der Waals surface area (Å²) in [5.74, 6) is -0.502. The standard InChI is InChI=1S/C20H18ClFN4OS/c21-14-4-2-6-16(12-14)25-7-9-26(10-8-25)20(27)19-17(23)18(24-28-19)13-3-1-5-15(22)11-13/h1-6,11-12H,7-10,23H2. The highest BCUT2D eigenvalue weighted by molar-refractivity contribution is 7.09. The molecule has 0 unspecified atom stereocenters. The Bertz CT molecular complexity index is 1020. The fourth-order valence-electron chi connectivity index (χ4n) is 3.28. The maximum atomic E-state index is 13.5. The van der Waals surface area contributed by atoms with Crippen LogP contribution in [0.3, 0.4) is 0 Å². The largest absolute Gasteiger partial charge is 0.396 e. The summed E-state index contributed by atoms with van der Waals surface area (Å²) in [7, 11) is 0. The molecular weight excluding hydrogens is 399 g/mol. The van der Waals surface area contributed by atoms with Gasteiger partial charge in [-0.3, -0.25) is 4.79 Å². The Morgan fingerprint density at radius 1 is 1.11 bits per heavy atom. The van der Waals surface area contributed by atoms with Crippen molar-refractivity contribution in [1.29, 1.82) is 0 Å². The molecule has 1 aliphatic heterocycles. The minimum absolute atomic E-state index is 0.136. The molecular formula is C20H18ClFN4OS. The first-order valence-corrected chi connectivity index (χ1v) is 9.99. The molecule has 28 heavy (non-hydrogen) atoms. The summed E-state index contributed by atoms with van der Waals surface area (Å²) in [6.07, 6.45) is 0. The van der Waals surface area contributed by atoms with Crippen LogP contribution >= 0.6 is 23.1 Å². The first-order valence-electron chi connectivity index (χ1n) is 8.84. The van der Waals surface area contributed by atoms with Crippen molar-refractivity contribution in [2.45, 2.75) is 0 Å². The van der Waals surface area contributed by atoms with Crippen LogP contribution in [0.25, 0.3) is 11.3 Å². The van der Waals surface area contributed by atoms with Crippen LogP contribution in [0.5, 0.6) is 0 Å². The molecule has 1 amide bonds. The van der Waals surface area contributed by atoms with E-state index >= 15 is 0 Å². The van der Waals surface area contributed by atoms with Gasteiger partial charge < -0.3 is 15.5 Å². The smallest absolute Gasteiger partial charge is 0.267 e. The van der Waals surface area contributed by atoms with Crippen molar-refractivity contribution in [2.75, 3.05) is 36.8 Å². The second-order valence-corrected chi connectivity index (χ2v) is 7.75. The van der Waals surface area contributed by atoms with Crippen LogP contribution in [0.15, 0.2) is 48.5 Å². The Labute approximate surface area is 171 Å². The molecule has 1 fully saturated rings. The van der Waals surface area contributed by atoms with Crippen molar-refractivity contribution in [1.82, 2.24) is 9.27 Å². The summed E-state index contributed by atoms with van der Waals surface area (Å²) in [5, 5.41) is 0.693. The Kier molecular flexibility index (Phi) is 5.19. The first kappa shape index (κ1) is 18.7. The van der Waals surface area contributed by atoms with Gasteiger partial charge in [0.05, 0.1) is 5.69 Å². The number of aromatic nitrogens is 1. The highest BCUT2D eigenvalue weighted by Crippen LogP contribution is 2.32. The van der Waals surface area contributed by atoms with E-state index < -0.39 is 0 Å². The average Bonchev–Trinajstić information content (AvgIpc) is 3.09. The molecule has 1 aliphatic rings. The third-order valence-corrected chi connectivity index (χ3v) is 5.85. The molecule has 1 aromatic heterocycles. The first-order chi connectivity index (χ1) is 13.5. The fraction of sp³-hybridized carbons (Fsp3) is 0.200. The number of hydrogen-bond donors (Lipinski definition) is 1. The lowest BCUT2D eigenvalue weighted by Gasteiger charge is -2.36. The number of nitrogens with two attached hydrogens (primary N) is 1. The number of piperazine rings is 1. The molecule has 0 atom stereocenters. The van der Waals surface area contributed by atoms with Crippen LogP contribution < -0.4 is 10.6 Å². The number of halogens is 2. The van der Waals surface area contributed by atoms with Gasteiger partial charge in [-0.25, -0.2) is 4.39 Å². The van der Waals surface area contributed by atoms with E-state index in [0.717, 1.165) is 17.2 Å². The molecule has 8 heteroatoms. The van der Waals surface area contributed by atoms with Gasteiger partial charge in [-0.05, 0) is 41.9 Å². The van der Waals surface area contributed by atoms with Gasteiger partial charge in [-0.1, -0.05) is 29.8 Å². The van der Waals surface area contributed by atoms with Crippen LogP contribution in [-0.4, -0.2) is 41.4 Å². The Balaban J connectivity index is 1.47. The van der Waals surface area contributed by atoms with Crippen molar-refractivity contribution in [2.24, 2.45) is 0 Å². The number of nitrogens with zero attached hydrogens (tertiary/aromatic N) is 3. The van der Waals surface area contributed by atoms with Gasteiger partial charge in [0, 0.05) is 42.5 Å². The van der Waals surface area contributed by atoms with E-state index in [4.69, 9.17) is 17.3 Å². The summed E-state index contributed by atoms with van der Waals surface area (Å²) < 4.78 is 17.8. The molecule has 1 saturated heterocycles. The summed E-state index contributed by atoms with van der Waals surface area (Å²) >= 11 is 7.13. The van der Waals surface area contributed by atoms with Gasteiger partial charge in [0.1, 0.15) is 16.4 Å². The van der Waals surface area contributed by atoms with Crippen LogP contribution in [0.4, 0.5) is 15.8 Å². The minimum Gasteiger partial charge on any atom is -0.396 e. The number of anilines is 2. The fourth-order valence-corrected chi connectivity index (χ4v) is 4.25. The summed E-state index contributed by atoms with van der Waals surface area (Å²) in [5.41, 5.74) is 8.55. The Morgan fingerprint density at radius 2 is 1.86 bits per heavy atom. The van der Waals surface area contributed by atoms with Gasteiger partial charge in [-0.15, -0.1) is 0 Å². The van der Waals surface area contributed by atoms with E-state index in [-0.39, 0.29) is 11.7 Å². The van der Waals surface area contributed by atoms with Crippen LogP contribution in [0, 0.1) is 5.82 Å². The van der Waals surface area contributed by atoms with Crippen molar-refractivity contribution >= 4 is 40.4 Å². The second-order valence-electron chi connectivity index (χ2n) is 6.54. The van der Waals surface area contributed by atoms with Crippen molar-refractivity contribution < 1.29 is 9.18 Å². The quantitative estimate of drug-likeness (QED) is 0.696. The van der Waals surface area contributed by atoms with E-state index in [0.29, 0.717) is 53.0 Å². The molecule has 4 rings (SSSR count). The molecule has 2 aromatic carbocycles. The minimum atomic E-state index is -0.366. The van der Waals surface area contributed by atoms with Gasteiger partial charge in [0.2, 0.25) is 0 Å². The number of nitrogen functional groups attached to an aromatic ring is 1. The number of carbonyl (C=O) groups excluding carboxylic acids is 1. The van der Waals surface area contributed by atoms with Crippen LogP contribution in [-0.2, 0) is 0 Å². The average molecular weight is 417 g/mol. The summed E-state index contributed by atoms with van der Waals surface area (Å²) in [6.45, 7) is 2.58. The number of carbonyl (C=O) groups is 1. The molecule has 2 heterocycles. The van der Waals surface area contributed by atoms with E-state index in [1.54, 1.807) is 17.0 Å². The van der Waals surface area contributed by atoms with Crippen molar-refractivity contribution in [3.8, 4) is 11.3 Å². The molecule has 0 spiro atoms. The van der Waals surface area contributed by atoms with Gasteiger partial charge in [0.25, 0.3) is 5.91 Å². The third-order valence-electron chi connectivity index (χ3n) is 4.76. The van der Waals surface area contributed by atoms with E-state index in [1.165, 1.54) is 12.1 Å². The number of amides is 1. The van der Waals surface area contributed by atoms with E-state index in [1.807, 2.05) is 24.3 Å². The van der Waals surface area contributed by atoms with E-state index in [2.05, 4.69) is 9.27 Å². The lowest BCUT2D eigenvalue weighted by molar-refractivity contribution is 0.0752. The maximum Gasteiger partial charge on any atom is 0.267 e. The predicted molar refractivity (Wildman–Crippen MR) is 111 cm³/mol. The normalized spacial score (nSPS) is 14.4. The molecule has 3 aromatic rings. The van der Waals surface area contributed by atoms with Crippen molar-refractivity contribution in [3.05, 3.63) is 64.2 Å². The molecule has 0 saturated carbocycles. The monoisotopic (exact) mass is 416 g/mol. The predicted octanol–water partition coefficient (Wildman–Crippen LogP) is 4.15. The van der Waals surface area contributed by atoms with E-state index in [9.17, 15) is 9.18 Å². The lowest BCUT2D eigenvalue weighted by atomic mass is 10.1. The van der Waals surface area contributed by atoms with Gasteiger partial charge >= 0.3 is 0 Å². The summed E-state index contributed by atoms with van der Waals surface area (Å²) in [6, 6.07) is 13.7. The topological polar surface area (TPSA) is 62.5 Å². The molecule has 144 valence electrons. The third kappa shape index (κ3) is 3.68. The van der Waals surface area contributed by atoms with Crippen LogP contribution in [0.2, 0.25) is 5.02 Å². The molecule has 0 bridgehead atoms. The molecule has 0 aliphatic carbocycles. The van der Waals surface area contributed by atoms with Gasteiger partial charge in [-0.2, -0.15) is 4.37 Å².